The van der Waals surface area contributed by atoms with Gasteiger partial charge >= 0.3 is 0 Å². The predicted molar refractivity (Wildman–Crippen MR) is 67.5 cm³/mol. The van der Waals surface area contributed by atoms with Crippen molar-refractivity contribution in [2.24, 2.45) is 0 Å². The molecule has 8 heteroatoms. The van der Waals surface area contributed by atoms with Crippen molar-refractivity contribution in [3.63, 3.8) is 0 Å². The summed E-state index contributed by atoms with van der Waals surface area (Å²) in [5.41, 5.74) is 0.0112. The van der Waals surface area contributed by atoms with Crippen molar-refractivity contribution in [1.82, 2.24) is 5.32 Å². The third-order valence-corrected chi connectivity index (χ3v) is 3.97. The Balaban J connectivity index is 3.39. The molecule has 0 radical (unpaired) electrons. The van der Waals surface area contributed by atoms with E-state index in [0.717, 1.165) is 6.07 Å². The summed E-state index contributed by atoms with van der Waals surface area (Å²) in [4.78, 5) is 11.2. The molecule has 4 nitrogen and oxygen atoms in total. The molecule has 94 valence electrons. The summed E-state index contributed by atoms with van der Waals surface area (Å²) in [5, 5.41) is 2.43. The van der Waals surface area contributed by atoms with Crippen molar-refractivity contribution >= 4 is 48.8 Å². The Labute approximate surface area is 113 Å². The molecule has 0 saturated heterocycles. The molecule has 0 aliphatic heterocycles. The van der Waals surface area contributed by atoms with Gasteiger partial charge in [0, 0.05) is 17.2 Å². The number of benzene rings is 1. The quantitative estimate of drug-likeness (QED) is 0.872. The minimum absolute atomic E-state index is 0.0112. The first kappa shape index (κ1) is 14.6. The number of hydrogen-bond donors (Lipinski definition) is 1. The van der Waals surface area contributed by atoms with Crippen LogP contribution in [0.3, 0.4) is 0 Å². The molecular weight excluding hydrogens is 309 g/mol. The first-order valence-corrected chi connectivity index (χ1v) is 7.55. The molecule has 0 unspecified atom stereocenters. The average Bonchev–Trinajstić information content (AvgIpc) is 2.15. The third kappa shape index (κ3) is 3.48. The van der Waals surface area contributed by atoms with Gasteiger partial charge in [-0.25, -0.2) is 8.42 Å². The largest absolute Gasteiger partial charge is 0.352 e. The number of amides is 1. The molecule has 0 aliphatic carbocycles. The Bertz CT molecular complexity index is 557. The lowest BCUT2D eigenvalue weighted by Gasteiger charge is -2.07. The number of nitrogens with one attached hydrogen (secondary N) is 1. The summed E-state index contributed by atoms with van der Waals surface area (Å²) in [7, 11) is 1.16. The van der Waals surface area contributed by atoms with Gasteiger partial charge in [0.05, 0.1) is 15.6 Å². The molecule has 0 atom stereocenters. The van der Waals surface area contributed by atoms with Gasteiger partial charge in [0.1, 0.15) is 4.90 Å². The number of rotatable bonds is 3. The first-order valence-electron chi connectivity index (χ1n) is 4.49. The van der Waals surface area contributed by atoms with Gasteiger partial charge < -0.3 is 5.32 Å². The summed E-state index contributed by atoms with van der Waals surface area (Å²) in [6.07, 6.45) is 0. The van der Waals surface area contributed by atoms with E-state index in [0.29, 0.717) is 6.54 Å². The minimum Gasteiger partial charge on any atom is -0.352 e. The van der Waals surface area contributed by atoms with E-state index in [4.69, 9.17) is 33.9 Å². The van der Waals surface area contributed by atoms with E-state index in [1.54, 1.807) is 6.92 Å². The molecule has 1 rings (SSSR count). The molecule has 0 heterocycles. The minimum atomic E-state index is -4.02. The highest BCUT2D eigenvalue weighted by Crippen LogP contribution is 2.30. The lowest BCUT2D eigenvalue weighted by Crippen LogP contribution is -2.23. The van der Waals surface area contributed by atoms with Gasteiger partial charge in [-0.1, -0.05) is 23.2 Å². The molecule has 1 aromatic carbocycles. The smallest absolute Gasteiger partial charge is 0.262 e. The molecule has 0 aliphatic rings. The highest BCUT2D eigenvalue weighted by Gasteiger charge is 2.20. The maximum atomic E-state index is 11.6. The van der Waals surface area contributed by atoms with Gasteiger partial charge in [0.15, 0.2) is 0 Å². The highest BCUT2D eigenvalue weighted by molar-refractivity contribution is 8.13. The van der Waals surface area contributed by atoms with E-state index < -0.39 is 15.0 Å². The fourth-order valence-corrected chi connectivity index (χ4v) is 2.97. The SMILES string of the molecule is CCNC(=O)c1cc(S(=O)(=O)Cl)c(Cl)cc1Cl. The normalized spacial score (nSPS) is 11.3. The molecule has 0 fully saturated rings. The molecule has 17 heavy (non-hydrogen) atoms. The molecule has 0 bridgehead atoms. The number of halogens is 3. The summed E-state index contributed by atoms with van der Waals surface area (Å²) in [6, 6.07) is 2.22. The Morgan fingerprint density at radius 1 is 1.29 bits per heavy atom. The van der Waals surface area contributed by atoms with Crippen LogP contribution in [0.15, 0.2) is 17.0 Å². The van der Waals surface area contributed by atoms with Crippen LogP contribution in [0, 0.1) is 0 Å². The predicted octanol–water partition coefficient (Wildman–Crippen LogP) is 2.67. The van der Waals surface area contributed by atoms with E-state index in [2.05, 4.69) is 5.32 Å². The fraction of sp³-hybridized carbons (Fsp3) is 0.222. The van der Waals surface area contributed by atoms with Crippen molar-refractivity contribution in [2.45, 2.75) is 11.8 Å². The molecule has 1 N–H and O–H groups in total. The van der Waals surface area contributed by atoms with Crippen LogP contribution in [0.25, 0.3) is 0 Å². The van der Waals surface area contributed by atoms with Crippen LogP contribution < -0.4 is 5.32 Å². The zero-order valence-electron chi connectivity index (χ0n) is 8.63. The molecular formula is C9H8Cl3NO3S. The third-order valence-electron chi connectivity index (χ3n) is 1.87. The molecule has 1 aromatic rings. The number of carbonyl (C=O) groups excluding carboxylic acids is 1. The Kier molecular flexibility index (Phi) is 4.66. The van der Waals surface area contributed by atoms with E-state index in [-0.39, 0.29) is 20.5 Å². The Hall–Kier alpha value is -0.490. The molecule has 0 saturated carbocycles. The Morgan fingerprint density at radius 2 is 1.88 bits per heavy atom. The Morgan fingerprint density at radius 3 is 2.35 bits per heavy atom. The van der Waals surface area contributed by atoms with Gasteiger partial charge in [0.25, 0.3) is 15.0 Å². The summed E-state index contributed by atoms with van der Waals surface area (Å²) in [6.45, 7) is 2.11. The van der Waals surface area contributed by atoms with Crippen molar-refractivity contribution in [1.29, 1.82) is 0 Å². The summed E-state index contributed by atoms with van der Waals surface area (Å²) in [5.74, 6) is -0.490. The van der Waals surface area contributed by atoms with E-state index in [9.17, 15) is 13.2 Å². The van der Waals surface area contributed by atoms with Crippen LogP contribution in [0.2, 0.25) is 10.0 Å². The standard InChI is InChI=1S/C9H8Cl3NO3S/c1-2-13-9(14)5-3-8(17(12,15)16)7(11)4-6(5)10/h3-4H,2H2,1H3,(H,13,14). The first-order chi connectivity index (χ1) is 7.77. The molecule has 1 amide bonds. The fourth-order valence-electron chi connectivity index (χ4n) is 1.15. The van der Waals surface area contributed by atoms with E-state index in [1.807, 2.05) is 0 Å². The van der Waals surface area contributed by atoms with Crippen LogP contribution in [-0.2, 0) is 9.05 Å². The maximum Gasteiger partial charge on any atom is 0.262 e. The monoisotopic (exact) mass is 315 g/mol. The second kappa shape index (κ2) is 5.44. The average molecular weight is 317 g/mol. The van der Waals surface area contributed by atoms with Crippen LogP contribution in [-0.4, -0.2) is 20.9 Å². The van der Waals surface area contributed by atoms with Crippen molar-refractivity contribution in [3.05, 3.63) is 27.7 Å². The highest BCUT2D eigenvalue weighted by atomic mass is 35.7. The van der Waals surface area contributed by atoms with E-state index >= 15 is 0 Å². The van der Waals surface area contributed by atoms with Gasteiger partial charge in [-0.2, -0.15) is 0 Å². The van der Waals surface area contributed by atoms with E-state index in [1.165, 1.54) is 6.07 Å². The summed E-state index contributed by atoms with van der Waals surface area (Å²) >= 11 is 11.5. The topological polar surface area (TPSA) is 63.2 Å². The van der Waals surface area contributed by atoms with Crippen LogP contribution >= 0.6 is 33.9 Å². The second-order valence-electron chi connectivity index (χ2n) is 3.06. The second-order valence-corrected chi connectivity index (χ2v) is 6.41. The maximum absolute atomic E-state index is 11.6. The van der Waals surface area contributed by atoms with Crippen LogP contribution in [0.1, 0.15) is 17.3 Å². The van der Waals surface area contributed by atoms with Crippen molar-refractivity contribution < 1.29 is 13.2 Å². The van der Waals surface area contributed by atoms with Gasteiger partial charge in [-0.05, 0) is 19.1 Å². The molecule has 0 aromatic heterocycles. The number of hydrogen-bond acceptors (Lipinski definition) is 3. The molecule has 0 spiro atoms. The van der Waals surface area contributed by atoms with Gasteiger partial charge in [0.2, 0.25) is 0 Å². The van der Waals surface area contributed by atoms with Crippen molar-refractivity contribution in [3.8, 4) is 0 Å². The van der Waals surface area contributed by atoms with Crippen LogP contribution in [0.4, 0.5) is 0 Å². The summed E-state index contributed by atoms with van der Waals surface area (Å²) < 4.78 is 22.4. The van der Waals surface area contributed by atoms with Gasteiger partial charge in [-0.3, -0.25) is 4.79 Å². The van der Waals surface area contributed by atoms with Gasteiger partial charge in [-0.15, -0.1) is 0 Å². The van der Waals surface area contributed by atoms with Crippen LogP contribution in [0.5, 0.6) is 0 Å². The number of carbonyl (C=O) groups is 1. The van der Waals surface area contributed by atoms with Crippen molar-refractivity contribution in [2.75, 3.05) is 6.54 Å². The zero-order valence-corrected chi connectivity index (χ0v) is 11.7. The zero-order chi connectivity index (χ0) is 13.2. The lowest BCUT2D eigenvalue weighted by atomic mass is 10.2. The lowest BCUT2D eigenvalue weighted by molar-refractivity contribution is 0.0956.